The molecule has 0 saturated carbocycles. The third-order valence-electron chi connectivity index (χ3n) is 12.3. The summed E-state index contributed by atoms with van der Waals surface area (Å²) in [6, 6.07) is 8.58. The van der Waals surface area contributed by atoms with E-state index in [4.69, 9.17) is 9.47 Å². The second kappa shape index (κ2) is 22.2. The summed E-state index contributed by atoms with van der Waals surface area (Å²) in [4.78, 5) is 61.8. The first-order valence-corrected chi connectivity index (χ1v) is 20.5. The molecule has 0 aliphatic carbocycles. The number of benzene rings is 1. The topological polar surface area (TPSA) is 117 Å². The number of carbonyl (C=O) groups is 4. The van der Waals surface area contributed by atoms with E-state index in [0.717, 1.165) is 18.4 Å². The Morgan fingerprint density at radius 2 is 1.44 bits per heavy atom. The van der Waals surface area contributed by atoms with Crippen molar-refractivity contribution in [1.29, 1.82) is 0 Å². The lowest BCUT2D eigenvalue weighted by Gasteiger charge is -2.41. The molecule has 10 atom stereocenters. The number of amides is 2. The molecule has 1 aliphatic heterocycles. The van der Waals surface area contributed by atoms with Gasteiger partial charge in [-0.05, 0) is 63.0 Å². The van der Waals surface area contributed by atoms with Crippen molar-refractivity contribution in [1.82, 2.24) is 14.7 Å². The monoisotopic (exact) mass is 758 g/mol. The van der Waals surface area contributed by atoms with Crippen molar-refractivity contribution < 1.29 is 33.8 Å². The van der Waals surface area contributed by atoms with E-state index in [2.05, 4.69) is 46.4 Å². The minimum absolute atomic E-state index is 0.0101. The van der Waals surface area contributed by atoms with Crippen LogP contribution in [0.2, 0.25) is 0 Å². The molecule has 1 heterocycles. The minimum atomic E-state index is -0.762. The lowest BCUT2D eigenvalue weighted by molar-refractivity contribution is -0.149. The maximum Gasteiger partial charge on any atom is 0.226 e. The van der Waals surface area contributed by atoms with E-state index in [9.17, 15) is 24.3 Å². The molecule has 10 heteroatoms. The molecule has 1 fully saturated rings. The molecule has 1 saturated heterocycles. The third kappa shape index (κ3) is 12.2. The van der Waals surface area contributed by atoms with Gasteiger partial charge >= 0.3 is 0 Å². The summed E-state index contributed by atoms with van der Waals surface area (Å²) in [5.41, 5.74) is 0.777. The smallest absolute Gasteiger partial charge is 0.226 e. The largest absolute Gasteiger partial charge is 0.388 e. The van der Waals surface area contributed by atoms with Gasteiger partial charge in [-0.3, -0.25) is 24.1 Å². The number of likely N-dealkylation sites (N-methyl/N-ethyl adjacent to an activating group) is 2. The molecule has 1 aromatic rings. The first kappa shape index (κ1) is 47.5. The zero-order chi connectivity index (χ0) is 41.0. The number of likely N-dealkylation sites (tertiary alicyclic amines) is 1. The van der Waals surface area contributed by atoms with Crippen LogP contribution in [-0.2, 0) is 28.7 Å². The van der Waals surface area contributed by atoms with Crippen LogP contribution in [0.3, 0.4) is 0 Å². The molecule has 54 heavy (non-hydrogen) atoms. The fourth-order valence-corrected chi connectivity index (χ4v) is 8.53. The number of hydrogen-bond acceptors (Lipinski definition) is 8. The highest BCUT2D eigenvalue weighted by Gasteiger charge is 2.43. The van der Waals surface area contributed by atoms with Crippen LogP contribution in [0.25, 0.3) is 0 Å². The summed E-state index contributed by atoms with van der Waals surface area (Å²) in [6.07, 6.45) is 0.832. The van der Waals surface area contributed by atoms with E-state index < -0.39 is 36.2 Å². The van der Waals surface area contributed by atoms with Crippen LogP contribution in [-0.4, -0.2) is 114 Å². The van der Waals surface area contributed by atoms with Crippen molar-refractivity contribution in [3.05, 3.63) is 35.9 Å². The molecular weight excluding hydrogens is 682 g/mol. The maximum absolute atomic E-state index is 14.4. The zero-order valence-corrected chi connectivity index (χ0v) is 36.1. The highest BCUT2D eigenvalue weighted by atomic mass is 16.5. The molecular formula is C44H75N3O7. The summed E-state index contributed by atoms with van der Waals surface area (Å²) >= 11 is 0. The SMILES string of the molecule is CC[C@H](C)[C@@H]([C@@H](CC(=O)N1CCC[C@H]1[C@H](OC)[C@@H](C)C(=O)C[C@H](C)C(O)c1ccccc1)OC)N(C)C(=O)[C@@H](CC(=O)[C@H](C(C)C)N(C)C(C)C)C(C)C. The summed E-state index contributed by atoms with van der Waals surface area (Å²) in [5.74, 6) is -1.37. The van der Waals surface area contributed by atoms with E-state index in [1.807, 2.05) is 70.0 Å². The predicted molar refractivity (Wildman–Crippen MR) is 216 cm³/mol. The van der Waals surface area contributed by atoms with Crippen molar-refractivity contribution in [3.8, 4) is 0 Å². The van der Waals surface area contributed by atoms with Crippen LogP contribution in [0.5, 0.6) is 0 Å². The van der Waals surface area contributed by atoms with Crippen LogP contribution in [0.4, 0.5) is 0 Å². The van der Waals surface area contributed by atoms with Crippen molar-refractivity contribution in [2.75, 3.05) is 34.9 Å². The van der Waals surface area contributed by atoms with Crippen LogP contribution in [0, 0.1) is 35.5 Å². The molecule has 1 aromatic carbocycles. The van der Waals surface area contributed by atoms with E-state index >= 15 is 0 Å². The molecule has 0 radical (unpaired) electrons. The van der Waals surface area contributed by atoms with Crippen LogP contribution < -0.4 is 0 Å². The zero-order valence-electron chi connectivity index (χ0n) is 36.1. The number of ketones is 2. The molecule has 10 nitrogen and oxygen atoms in total. The van der Waals surface area contributed by atoms with Crippen molar-refractivity contribution in [2.45, 2.75) is 150 Å². The average Bonchev–Trinajstić information content (AvgIpc) is 3.62. The normalized spacial score (nSPS) is 20.1. The number of aliphatic hydroxyl groups excluding tert-OH is 1. The fourth-order valence-electron chi connectivity index (χ4n) is 8.53. The number of Topliss-reactive ketones (excluding diaryl/α,β-unsaturated/α-hetero) is 2. The van der Waals surface area contributed by atoms with Crippen LogP contribution in [0.1, 0.15) is 119 Å². The van der Waals surface area contributed by atoms with E-state index in [1.54, 1.807) is 26.2 Å². The second-order valence-corrected chi connectivity index (χ2v) is 17.1. The first-order valence-electron chi connectivity index (χ1n) is 20.5. The minimum Gasteiger partial charge on any atom is -0.388 e. The summed E-state index contributed by atoms with van der Waals surface area (Å²) < 4.78 is 12.0. The number of ether oxygens (including phenoxy) is 2. The molecule has 2 rings (SSSR count). The number of carbonyl (C=O) groups excluding carboxylic acids is 4. The van der Waals surface area contributed by atoms with Gasteiger partial charge in [0.1, 0.15) is 5.78 Å². The van der Waals surface area contributed by atoms with Gasteiger partial charge in [-0.2, -0.15) is 0 Å². The molecule has 1 aliphatic rings. The summed E-state index contributed by atoms with van der Waals surface area (Å²) in [5, 5.41) is 10.9. The Kier molecular flexibility index (Phi) is 19.5. The highest BCUT2D eigenvalue weighted by molar-refractivity contribution is 5.90. The third-order valence-corrected chi connectivity index (χ3v) is 12.3. The van der Waals surface area contributed by atoms with E-state index in [1.165, 1.54) is 0 Å². The second-order valence-electron chi connectivity index (χ2n) is 17.1. The van der Waals surface area contributed by atoms with Gasteiger partial charge in [-0.25, -0.2) is 0 Å². The Hall–Kier alpha value is -2.66. The molecule has 0 spiro atoms. The predicted octanol–water partition coefficient (Wildman–Crippen LogP) is 6.83. The van der Waals surface area contributed by atoms with Gasteiger partial charge in [0.05, 0.1) is 42.9 Å². The van der Waals surface area contributed by atoms with E-state index in [-0.39, 0.29) is 84.4 Å². The Balaban J connectivity index is 2.27. The van der Waals surface area contributed by atoms with Gasteiger partial charge in [0.15, 0.2) is 5.78 Å². The molecule has 308 valence electrons. The number of hydrogen-bond donors (Lipinski definition) is 1. The van der Waals surface area contributed by atoms with Gasteiger partial charge in [0.25, 0.3) is 0 Å². The maximum atomic E-state index is 14.4. The van der Waals surface area contributed by atoms with Gasteiger partial charge in [0.2, 0.25) is 11.8 Å². The molecule has 0 bridgehead atoms. The Bertz CT molecular complexity index is 1320. The van der Waals surface area contributed by atoms with Gasteiger partial charge < -0.3 is 24.4 Å². The van der Waals surface area contributed by atoms with Crippen LogP contribution in [0.15, 0.2) is 30.3 Å². The van der Waals surface area contributed by atoms with Gasteiger partial charge in [-0.15, -0.1) is 0 Å². The van der Waals surface area contributed by atoms with Crippen molar-refractivity contribution in [2.24, 2.45) is 35.5 Å². The highest BCUT2D eigenvalue weighted by Crippen LogP contribution is 2.33. The first-order chi connectivity index (χ1) is 25.3. The number of nitrogens with zero attached hydrogens (tertiary/aromatic N) is 3. The summed E-state index contributed by atoms with van der Waals surface area (Å²) in [7, 11) is 6.95. The summed E-state index contributed by atoms with van der Waals surface area (Å²) in [6.45, 7) is 20.7. The molecule has 2 amide bonds. The standard InChI is InChI=1S/C44H75N3O7/c1-15-30(8)41(46(12)44(52)34(27(2)3)25-37(49)40(28(4)5)45(11)29(6)7)38(53-13)26-39(50)47-23-19-22-35(47)43(54-14)32(10)36(48)24-31(9)42(51)33-20-17-16-18-21-33/h16-18,20-21,27-32,34-35,38,40-43,51H,15,19,22-26H2,1-14H3/t30-,31-,32-,34-,35-,38+,40-,41-,42?,43+/m0/s1. The fraction of sp³-hybridized carbons (Fsp3) is 0.773. The quantitative estimate of drug-likeness (QED) is 0.129. The number of aliphatic hydroxyl groups is 1. The Labute approximate surface area is 327 Å². The number of rotatable bonds is 23. The van der Waals surface area contributed by atoms with Gasteiger partial charge in [0, 0.05) is 58.5 Å². The number of methoxy groups -OCH3 is 2. The molecule has 0 aromatic heterocycles. The lowest BCUT2D eigenvalue weighted by Crippen LogP contribution is -2.54. The lowest BCUT2D eigenvalue weighted by atomic mass is 9.83. The molecule has 1 N–H and O–H groups in total. The van der Waals surface area contributed by atoms with Crippen LogP contribution >= 0.6 is 0 Å². The average molecular weight is 758 g/mol. The Morgan fingerprint density at radius 1 is 0.833 bits per heavy atom. The Morgan fingerprint density at radius 3 is 1.94 bits per heavy atom. The van der Waals surface area contributed by atoms with Gasteiger partial charge in [-0.1, -0.05) is 92.1 Å². The van der Waals surface area contributed by atoms with Crippen molar-refractivity contribution >= 4 is 23.4 Å². The molecule has 1 unspecified atom stereocenters. The van der Waals surface area contributed by atoms with Crippen molar-refractivity contribution in [3.63, 3.8) is 0 Å². The van der Waals surface area contributed by atoms with E-state index in [0.29, 0.717) is 13.0 Å².